The highest BCUT2D eigenvalue weighted by atomic mass is 16.6. The van der Waals surface area contributed by atoms with Gasteiger partial charge >= 0.3 is 0 Å². The second-order valence-corrected chi connectivity index (χ2v) is 4.65. The van der Waals surface area contributed by atoms with Gasteiger partial charge in [0, 0.05) is 5.56 Å². The van der Waals surface area contributed by atoms with Crippen LogP contribution in [-0.4, -0.2) is 39.8 Å². The summed E-state index contributed by atoms with van der Waals surface area (Å²) in [4.78, 5) is 10.5. The maximum absolute atomic E-state index is 10.5. The molecule has 0 aliphatic rings. The molecular formula is C18H20O5. The first-order chi connectivity index (χ1) is 11.3. The van der Waals surface area contributed by atoms with Crippen LogP contribution in [-0.2, 0) is 4.74 Å². The molecule has 0 N–H and O–H groups in total. The van der Waals surface area contributed by atoms with Gasteiger partial charge in [0.25, 0.3) is 0 Å². The van der Waals surface area contributed by atoms with E-state index in [1.54, 1.807) is 31.4 Å². The van der Waals surface area contributed by atoms with Crippen LogP contribution in [0.15, 0.2) is 48.5 Å². The third kappa shape index (κ3) is 5.64. The molecule has 0 radical (unpaired) electrons. The normalized spacial score (nSPS) is 10.1. The van der Waals surface area contributed by atoms with Gasteiger partial charge in [0.05, 0.1) is 20.3 Å². The van der Waals surface area contributed by atoms with Crippen LogP contribution in [0, 0.1) is 0 Å². The Bertz CT molecular complexity index is 595. The third-order valence-corrected chi connectivity index (χ3v) is 3.07. The first-order valence-electron chi connectivity index (χ1n) is 7.35. The number of carbonyl (C=O) groups excluding carboxylic acids is 1. The summed E-state index contributed by atoms with van der Waals surface area (Å²) in [5, 5.41) is 0. The summed E-state index contributed by atoms with van der Waals surface area (Å²) in [7, 11) is 1.61. The fraction of sp³-hybridized carbons (Fsp3) is 0.278. The van der Waals surface area contributed by atoms with Crippen molar-refractivity contribution < 1.29 is 23.7 Å². The van der Waals surface area contributed by atoms with E-state index < -0.39 is 0 Å². The highest BCUT2D eigenvalue weighted by Crippen LogP contribution is 2.25. The average molecular weight is 316 g/mol. The number of benzene rings is 2. The lowest BCUT2D eigenvalue weighted by molar-refractivity contribution is 0.0757. The van der Waals surface area contributed by atoms with Gasteiger partial charge in [-0.05, 0) is 36.4 Å². The quantitative estimate of drug-likeness (QED) is 0.498. The zero-order valence-electron chi connectivity index (χ0n) is 13.1. The summed E-state index contributed by atoms with van der Waals surface area (Å²) in [6, 6.07) is 14.4. The molecular weight excluding hydrogens is 296 g/mol. The van der Waals surface area contributed by atoms with Crippen molar-refractivity contribution in [3.63, 3.8) is 0 Å². The first-order valence-corrected chi connectivity index (χ1v) is 7.35. The zero-order valence-corrected chi connectivity index (χ0v) is 13.1. The molecule has 5 heteroatoms. The van der Waals surface area contributed by atoms with Crippen molar-refractivity contribution in [2.24, 2.45) is 0 Å². The molecule has 0 fully saturated rings. The van der Waals surface area contributed by atoms with Gasteiger partial charge in [-0.25, -0.2) is 0 Å². The molecule has 2 rings (SSSR count). The molecule has 0 saturated heterocycles. The number of hydrogen-bond acceptors (Lipinski definition) is 5. The summed E-state index contributed by atoms with van der Waals surface area (Å²) in [5.74, 6) is 2.11. The Morgan fingerprint density at radius 1 is 0.826 bits per heavy atom. The molecule has 23 heavy (non-hydrogen) atoms. The smallest absolute Gasteiger partial charge is 0.161 e. The van der Waals surface area contributed by atoms with Crippen molar-refractivity contribution in [1.29, 1.82) is 0 Å². The lowest BCUT2D eigenvalue weighted by Crippen LogP contribution is -2.12. The van der Waals surface area contributed by atoms with E-state index in [4.69, 9.17) is 18.9 Å². The van der Waals surface area contributed by atoms with Crippen LogP contribution < -0.4 is 14.2 Å². The fourth-order valence-electron chi connectivity index (χ4n) is 1.91. The second kappa shape index (κ2) is 9.48. The molecule has 0 aromatic heterocycles. The van der Waals surface area contributed by atoms with Crippen LogP contribution in [0.2, 0.25) is 0 Å². The third-order valence-electron chi connectivity index (χ3n) is 3.07. The summed E-state index contributed by atoms with van der Waals surface area (Å²) in [6.07, 6.45) is 0.800. The summed E-state index contributed by atoms with van der Waals surface area (Å²) >= 11 is 0. The monoisotopic (exact) mass is 316 g/mol. The molecule has 122 valence electrons. The number of para-hydroxylation sites is 2. The van der Waals surface area contributed by atoms with Crippen molar-refractivity contribution in [1.82, 2.24) is 0 Å². The van der Waals surface area contributed by atoms with E-state index in [0.717, 1.165) is 6.29 Å². The molecule has 0 amide bonds. The van der Waals surface area contributed by atoms with Crippen molar-refractivity contribution >= 4 is 6.29 Å². The Kier molecular flexibility index (Phi) is 6.94. The van der Waals surface area contributed by atoms with E-state index in [9.17, 15) is 4.79 Å². The van der Waals surface area contributed by atoms with Gasteiger partial charge < -0.3 is 18.9 Å². The minimum Gasteiger partial charge on any atom is -0.493 e. The van der Waals surface area contributed by atoms with Crippen LogP contribution in [0.5, 0.6) is 17.2 Å². The molecule has 2 aromatic rings. The Hall–Kier alpha value is -2.53. The highest BCUT2D eigenvalue weighted by Gasteiger charge is 2.01. The Morgan fingerprint density at radius 3 is 2.13 bits per heavy atom. The minimum atomic E-state index is 0.439. The highest BCUT2D eigenvalue weighted by molar-refractivity contribution is 5.74. The maximum Gasteiger partial charge on any atom is 0.161 e. The molecule has 0 spiro atoms. The maximum atomic E-state index is 10.5. The predicted octanol–water partition coefficient (Wildman–Crippen LogP) is 2.98. The topological polar surface area (TPSA) is 54.0 Å². The van der Waals surface area contributed by atoms with E-state index in [1.165, 1.54) is 0 Å². The van der Waals surface area contributed by atoms with E-state index in [-0.39, 0.29) is 0 Å². The zero-order chi connectivity index (χ0) is 16.3. The van der Waals surface area contributed by atoms with Crippen molar-refractivity contribution in [3.05, 3.63) is 54.1 Å². The SMILES string of the molecule is COc1ccccc1OCCOCCOc1ccc(C=O)cc1. The second-order valence-electron chi connectivity index (χ2n) is 4.65. The lowest BCUT2D eigenvalue weighted by Gasteiger charge is -2.11. The molecule has 0 aliphatic carbocycles. The summed E-state index contributed by atoms with van der Waals surface area (Å²) in [5.41, 5.74) is 0.627. The molecule has 5 nitrogen and oxygen atoms in total. The van der Waals surface area contributed by atoms with Crippen molar-refractivity contribution in [3.8, 4) is 17.2 Å². The van der Waals surface area contributed by atoms with Crippen LogP contribution in [0.25, 0.3) is 0 Å². The molecule has 0 aliphatic heterocycles. The van der Waals surface area contributed by atoms with E-state index in [2.05, 4.69) is 0 Å². The molecule has 0 heterocycles. The van der Waals surface area contributed by atoms with Crippen LogP contribution in [0.1, 0.15) is 10.4 Å². The number of ether oxygens (including phenoxy) is 4. The van der Waals surface area contributed by atoms with Gasteiger partial charge in [-0.2, -0.15) is 0 Å². The first kappa shape index (κ1) is 16.8. The van der Waals surface area contributed by atoms with Crippen LogP contribution in [0.4, 0.5) is 0 Å². The van der Waals surface area contributed by atoms with Crippen LogP contribution in [0.3, 0.4) is 0 Å². The molecule has 0 bridgehead atoms. The fourth-order valence-corrected chi connectivity index (χ4v) is 1.91. The Balaban J connectivity index is 1.58. The number of methoxy groups -OCH3 is 1. The summed E-state index contributed by atoms with van der Waals surface area (Å²) < 4.78 is 21.7. The molecule has 2 aromatic carbocycles. The largest absolute Gasteiger partial charge is 0.493 e. The summed E-state index contributed by atoms with van der Waals surface area (Å²) in [6.45, 7) is 1.81. The Labute approximate surface area is 135 Å². The number of hydrogen-bond donors (Lipinski definition) is 0. The van der Waals surface area contributed by atoms with Crippen molar-refractivity contribution in [2.45, 2.75) is 0 Å². The minimum absolute atomic E-state index is 0.439. The van der Waals surface area contributed by atoms with Gasteiger partial charge in [0.2, 0.25) is 0 Å². The Morgan fingerprint density at radius 2 is 1.48 bits per heavy atom. The van der Waals surface area contributed by atoms with Crippen molar-refractivity contribution in [2.75, 3.05) is 33.5 Å². The molecule has 0 atom stereocenters. The number of rotatable bonds is 10. The number of aldehydes is 1. The molecule has 0 saturated carbocycles. The van der Waals surface area contributed by atoms with E-state index in [0.29, 0.717) is 49.2 Å². The number of carbonyl (C=O) groups is 1. The average Bonchev–Trinajstić information content (AvgIpc) is 2.61. The standard InChI is InChI=1S/C18H20O5/c1-20-17-4-2-3-5-18(17)23-13-11-21-10-12-22-16-8-6-15(14-19)7-9-16/h2-9,14H,10-13H2,1H3. The predicted molar refractivity (Wildman–Crippen MR) is 86.6 cm³/mol. The van der Waals surface area contributed by atoms with Gasteiger partial charge in [-0.1, -0.05) is 12.1 Å². The van der Waals surface area contributed by atoms with Gasteiger partial charge in [0.1, 0.15) is 25.2 Å². The van der Waals surface area contributed by atoms with Gasteiger partial charge in [0.15, 0.2) is 11.5 Å². The van der Waals surface area contributed by atoms with Crippen LogP contribution >= 0.6 is 0 Å². The van der Waals surface area contributed by atoms with Gasteiger partial charge in [-0.15, -0.1) is 0 Å². The van der Waals surface area contributed by atoms with E-state index in [1.807, 2.05) is 24.3 Å². The van der Waals surface area contributed by atoms with E-state index >= 15 is 0 Å². The lowest BCUT2D eigenvalue weighted by atomic mass is 10.2. The molecule has 0 unspecified atom stereocenters. The van der Waals surface area contributed by atoms with Gasteiger partial charge in [-0.3, -0.25) is 4.79 Å².